The van der Waals surface area contributed by atoms with Crippen LogP contribution >= 0.6 is 0 Å². The number of nitrogens with zero attached hydrogens (tertiary/aromatic N) is 5. The topological polar surface area (TPSA) is 90.2 Å². The van der Waals surface area contributed by atoms with E-state index in [1.54, 1.807) is 41.1 Å². The van der Waals surface area contributed by atoms with E-state index < -0.39 is 38.9 Å². The molecule has 8 nitrogen and oxygen atoms in total. The maximum atomic E-state index is 14.2. The lowest BCUT2D eigenvalue weighted by Crippen LogP contribution is -2.36. The van der Waals surface area contributed by atoms with Gasteiger partial charge in [0.15, 0.2) is 0 Å². The van der Waals surface area contributed by atoms with Gasteiger partial charge < -0.3 is 4.74 Å². The Morgan fingerprint density at radius 1 is 1.08 bits per heavy atom. The van der Waals surface area contributed by atoms with Crippen LogP contribution in [-0.4, -0.2) is 38.6 Å². The third-order valence-corrected chi connectivity index (χ3v) is 7.50. The van der Waals surface area contributed by atoms with Crippen molar-refractivity contribution in [1.29, 1.82) is 0 Å². The fraction of sp³-hybridized carbons (Fsp3) is 0.174. The zero-order valence-corrected chi connectivity index (χ0v) is 19.1. The van der Waals surface area contributed by atoms with Crippen molar-refractivity contribution in [3.05, 3.63) is 96.2 Å². The Morgan fingerprint density at radius 3 is 2.61 bits per heavy atom. The number of fused-ring (bicyclic) bond motifs is 3. The molecule has 0 N–H and O–H groups in total. The van der Waals surface area contributed by atoms with Crippen LogP contribution < -0.4 is 4.74 Å². The van der Waals surface area contributed by atoms with E-state index in [0.717, 1.165) is 9.87 Å². The second-order valence-corrected chi connectivity index (χ2v) is 9.78. The smallest absolute Gasteiger partial charge is 0.404 e. The summed E-state index contributed by atoms with van der Waals surface area (Å²) in [6, 6.07) is 9.78. The van der Waals surface area contributed by atoms with Gasteiger partial charge in [0.05, 0.1) is 6.04 Å². The van der Waals surface area contributed by atoms with Gasteiger partial charge in [-0.2, -0.15) is 4.31 Å². The van der Waals surface area contributed by atoms with Crippen molar-refractivity contribution in [2.75, 3.05) is 0 Å². The minimum absolute atomic E-state index is 0.128. The first-order chi connectivity index (χ1) is 17.1. The number of alkyl halides is 3. The van der Waals surface area contributed by atoms with Crippen LogP contribution in [0.4, 0.5) is 17.6 Å². The maximum Gasteiger partial charge on any atom is 0.573 e. The zero-order valence-electron chi connectivity index (χ0n) is 18.3. The van der Waals surface area contributed by atoms with Gasteiger partial charge in [-0.15, -0.1) is 13.2 Å². The Labute approximate surface area is 202 Å². The fourth-order valence-corrected chi connectivity index (χ4v) is 5.82. The van der Waals surface area contributed by atoms with Crippen molar-refractivity contribution < 1.29 is 30.7 Å². The molecule has 0 fully saturated rings. The molecule has 2 aromatic heterocycles. The first-order valence-electron chi connectivity index (χ1n) is 10.6. The number of rotatable bonds is 5. The summed E-state index contributed by atoms with van der Waals surface area (Å²) in [5.41, 5.74) is 1.13. The lowest BCUT2D eigenvalue weighted by molar-refractivity contribution is -0.275. The van der Waals surface area contributed by atoms with E-state index in [4.69, 9.17) is 0 Å². The first-order valence-corrected chi connectivity index (χ1v) is 12.0. The summed E-state index contributed by atoms with van der Waals surface area (Å²) in [6.07, 6.45) is 0.717. The third kappa shape index (κ3) is 4.54. The molecule has 186 valence electrons. The molecular weight excluding hydrogens is 502 g/mol. The highest BCUT2D eigenvalue weighted by atomic mass is 32.2. The normalized spacial score (nSPS) is 16.2. The SMILES string of the molecule is O=S(=O)(c1cc(F)ccc1OC(F)(F)F)N1Cc2cncnc2-n2ccnc2[C@H]1Cc1ccccc1. The molecule has 0 saturated heterocycles. The van der Waals surface area contributed by atoms with Crippen LogP contribution in [0.15, 0.2) is 78.3 Å². The van der Waals surface area contributed by atoms with Gasteiger partial charge in [0.2, 0.25) is 10.0 Å². The van der Waals surface area contributed by atoms with Gasteiger partial charge in [-0.05, 0) is 30.2 Å². The minimum atomic E-state index is -5.19. The highest BCUT2D eigenvalue weighted by Gasteiger charge is 2.41. The van der Waals surface area contributed by atoms with Gasteiger partial charge >= 0.3 is 6.36 Å². The highest BCUT2D eigenvalue weighted by molar-refractivity contribution is 7.89. The lowest BCUT2D eigenvalue weighted by atomic mass is 10.1. The second kappa shape index (κ2) is 8.99. The molecule has 1 atom stereocenters. The number of hydrogen-bond donors (Lipinski definition) is 0. The van der Waals surface area contributed by atoms with Gasteiger partial charge in [0, 0.05) is 30.7 Å². The van der Waals surface area contributed by atoms with Crippen molar-refractivity contribution in [3.63, 3.8) is 0 Å². The largest absolute Gasteiger partial charge is 0.573 e. The van der Waals surface area contributed by atoms with Gasteiger partial charge in [0.25, 0.3) is 0 Å². The molecule has 0 unspecified atom stereocenters. The Hall–Kier alpha value is -3.84. The van der Waals surface area contributed by atoms with Gasteiger partial charge in [-0.25, -0.2) is 27.8 Å². The molecule has 0 aliphatic carbocycles. The summed E-state index contributed by atoms with van der Waals surface area (Å²) in [5, 5.41) is 0. The highest BCUT2D eigenvalue weighted by Crippen LogP contribution is 2.39. The second-order valence-electron chi connectivity index (χ2n) is 7.92. The van der Waals surface area contributed by atoms with Crippen LogP contribution in [0.1, 0.15) is 23.0 Å². The Kier molecular flexibility index (Phi) is 5.96. The van der Waals surface area contributed by atoms with Crippen LogP contribution in [0.25, 0.3) is 5.82 Å². The predicted molar refractivity (Wildman–Crippen MR) is 118 cm³/mol. The molecule has 3 heterocycles. The first kappa shape index (κ1) is 23.9. The molecule has 36 heavy (non-hydrogen) atoms. The van der Waals surface area contributed by atoms with Crippen molar-refractivity contribution in [3.8, 4) is 11.6 Å². The summed E-state index contributed by atoms with van der Waals surface area (Å²) in [6.45, 7) is -0.304. The van der Waals surface area contributed by atoms with Crippen molar-refractivity contribution >= 4 is 10.0 Å². The Balaban J connectivity index is 1.71. The molecule has 0 spiro atoms. The van der Waals surface area contributed by atoms with Crippen LogP contribution in [0.3, 0.4) is 0 Å². The molecule has 5 rings (SSSR count). The number of benzene rings is 2. The molecule has 1 aliphatic rings. The van der Waals surface area contributed by atoms with E-state index in [2.05, 4.69) is 19.7 Å². The number of sulfonamides is 1. The average molecular weight is 519 g/mol. The van der Waals surface area contributed by atoms with Crippen LogP contribution in [0.2, 0.25) is 0 Å². The number of ether oxygens (including phenoxy) is 1. The van der Waals surface area contributed by atoms with E-state index >= 15 is 0 Å². The maximum absolute atomic E-state index is 14.2. The summed E-state index contributed by atoms with van der Waals surface area (Å²) in [4.78, 5) is 11.6. The van der Waals surface area contributed by atoms with E-state index in [9.17, 15) is 26.0 Å². The number of halogens is 4. The number of hydrogen-bond acceptors (Lipinski definition) is 6. The molecule has 0 saturated carbocycles. The summed E-state index contributed by atoms with van der Waals surface area (Å²) >= 11 is 0. The van der Waals surface area contributed by atoms with E-state index in [0.29, 0.717) is 29.6 Å². The average Bonchev–Trinajstić information content (AvgIpc) is 3.27. The van der Waals surface area contributed by atoms with Gasteiger partial charge in [-0.1, -0.05) is 30.3 Å². The van der Waals surface area contributed by atoms with Crippen LogP contribution in [-0.2, 0) is 23.0 Å². The molecular formula is C23H17F4N5O3S. The summed E-state index contributed by atoms with van der Waals surface area (Å²) < 4.78 is 87.9. The van der Waals surface area contributed by atoms with E-state index in [1.807, 2.05) is 0 Å². The number of imidazole rings is 1. The predicted octanol–water partition coefficient (Wildman–Crippen LogP) is 4.19. The quantitative estimate of drug-likeness (QED) is 0.368. The molecule has 1 aliphatic heterocycles. The van der Waals surface area contributed by atoms with Crippen LogP contribution in [0, 0.1) is 5.82 Å². The fourth-order valence-electron chi connectivity index (χ4n) is 4.13. The molecule has 2 aromatic carbocycles. The molecule has 0 radical (unpaired) electrons. The van der Waals surface area contributed by atoms with E-state index in [-0.39, 0.29) is 18.8 Å². The van der Waals surface area contributed by atoms with E-state index in [1.165, 1.54) is 18.7 Å². The molecule has 0 bridgehead atoms. The van der Waals surface area contributed by atoms with Gasteiger partial charge in [0.1, 0.15) is 34.4 Å². The standard InChI is InChI=1S/C23H17F4N5O3S/c24-17-6-7-19(35-23(25,26)27)20(11-17)36(33,34)32-13-16-12-28-14-30-21(16)31-9-8-29-22(31)18(32)10-15-4-2-1-3-5-15/h1-9,11-12,14,18H,10,13H2/t18-/m1/s1. The number of aromatic nitrogens is 4. The minimum Gasteiger partial charge on any atom is -0.404 e. The van der Waals surface area contributed by atoms with Crippen molar-refractivity contribution in [2.24, 2.45) is 0 Å². The van der Waals surface area contributed by atoms with Crippen molar-refractivity contribution in [1.82, 2.24) is 23.8 Å². The van der Waals surface area contributed by atoms with Crippen LogP contribution in [0.5, 0.6) is 5.75 Å². The summed E-state index contributed by atoms with van der Waals surface area (Å²) in [5.74, 6) is -1.42. The monoisotopic (exact) mass is 519 g/mol. The zero-order chi connectivity index (χ0) is 25.5. The Bertz CT molecular complexity index is 1510. The third-order valence-electron chi connectivity index (χ3n) is 5.62. The Morgan fingerprint density at radius 2 is 1.86 bits per heavy atom. The van der Waals surface area contributed by atoms with Gasteiger partial charge in [-0.3, -0.25) is 4.57 Å². The lowest BCUT2D eigenvalue weighted by Gasteiger charge is -2.29. The van der Waals surface area contributed by atoms with Crippen molar-refractivity contribution in [2.45, 2.75) is 30.3 Å². The molecule has 0 amide bonds. The molecule has 13 heteroatoms. The molecule has 4 aromatic rings. The summed E-state index contributed by atoms with van der Waals surface area (Å²) in [7, 11) is -4.78.